The lowest BCUT2D eigenvalue weighted by Crippen LogP contribution is -2.25. The Balaban J connectivity index is 1.61. The van der Waals surface area contributed by atoms with Crippen LogP contribution in [0.1, 0.15) is 35.1 Å². The Kier molecular flexibility index (Phi) is 17.4. The highest BCUT2D eigenvalue weighted by molar-refractivity contribution is 5.54. The molecule has 0 heterocycles. The Labute approximate surface area is 331 Å². The number of hydrogen-bond acceptors (Lipinski definition) is 12. The molecule has 0 radical (unpaired) electrons. The quantitative estimate of drug-likeness (QED) is 0.0608. The van der Waals surface area contributed by atoms with Crippen molar-refractivity contribution in [2.24, 2.45) is 11.8 Å². The summed E-state index contributed by atoms with van der Waals surface area (Å²) in [7, 11) is 16.2. The molecule has 2 atom stereocenters. The van der Waals surface area contributed by atoms with E-state index in [4.69, 9.17) is 56.8 Å². The van der Waals surface area contributed by atoms with E-state index >= 15 is 0 Å². The number of rotatable bonds is 25. The van der Waals surface area contributed by atoms with Gasteiger partial charge in [0.05, 0.1) is 90.9 Å². The fourth-order valence-electron chi connectivity index (χ4n) is 6.89. The van der Waals surface area contributed by atoms with E-state index in [0.29, 0.717) is 83.9 Å². The van der Waals surface area contributed by atoms with Gasteiger partial charge in [0.25, 0.3) is 0 Å². The molecule has 0 amide bonds. The summed E-state index contributed by atoms with van der Waals surface area (Å²) in [6, 6.07) is 19.8. The van der Waals surface area contributed by atoms with Gasteiger partial charge in [0.1, 0.15) is 0 Å². The first kappa shape index (κ1) is 43.5. The van der Waals surface area contributed by atoms with Crippen LogP contribution in [0.3, 0.4) is 0 Å². The van der Waals surface area contributed by atoms with E-state index in [-0.39, 0.29) is 11.8 Å². The van der Waals surface area contributed by atoms with Gasteiger partial charge in [-0.2, -0.15) is 0 Å². The third-order valence-corrected chi connectivity index (χ3v) is 9.74. The predicted molar refractivity (Wildman–Crippen MR) is 214 cm³/mol. The third kappa shape index (κ3) is 11.4. The van der Waals surface area contributed by atoms with E-state index in [2.05, 4.69) is 18.2 Å². The molecule has 0 saturated carbocycles. The highest BCUT2D eigenvalue weighted by Crippen LogP contribution is 2.40. The normalized spacial score (nSPS) is 12.0. The van der Waals surface area contributed by atoms with E-state index in [1.807, 2.05) is 42.5 Å². The lowest BCUT2D eigenvalue weighted by atomic mass is 9.80. The fraction of sp³-hybridized carbons (Fsp3) is 0.455. The Morgan fingerprint density at radius 3 is 1.14 bits per heavy atom. The summed E-state index contributed by atoms with van der Waals surface area (Å²) in [5.74, 6) is 6.42. The van der Waals surface area contributed by atoms with Gasteiger partial charge in [0.2, 0.25) is 11.5 Å². The molecule has 0 aromatic heterocycles. The highest BCUT2D eigenvalue weighted by atomic mass is 16.5. The monoisotopic (exact) mass is 778 g/mol. The molecule has 4 aromatic carbocycles. The molecule has 0 bridgehead atoms. The molecular weight excluding hydrogens is 720 g/mol. The minimum absolute atomic E-state index is 0.0957. The van der Waals surface area contributed by atoms with Crippen molar-refractivity contribution >= 4 is 0 Å². The van der Waals surface area contributed by atoms with Crippen molar-refractivity contribution in [1.82, 2.24) is 0 Å². The number of ether oxygens (including phenoxy) is 12. The first-order valence-electron chi connectivity index (χ1n) is 18.4. The van der Waals surface area contributed by atoms with E-state index in [1.165, 1.54) is 0 Å². The van der Waals surface area contributed by atoms with Gasteiger partial charge in [0, 0.05) is 6.61 Å². The van der Waals surface area contributed by atoms with Crippen LogP contribution in [0.2, 0.25) is 0 Å². The van der Waals surface area contributed by atoms with Gasteiger partial charge in [-0.3, -0.25) is 0 Å². The zero-order chi connectivity index (χ0) is 40.5. The fourth-order valence-corrected chi connectivity index (χ4v) is 6.89. The maximum absolute atomic E-state index is 6.56. The standard InChI is InChI=1S/C44H58O12/c1-45-35-15-13-29(20-37(35)47-3)18-33(12-11-17-55-26-31-22-39(49-5)43(53-9)40(23-31)50-6)34(19-30-14-16-36(46-2)38(21-30)48-4)28-56-27-32-24-41(51-7)44(54-10)42(25-32)52-8/h13-16,20-25,33-34H,11-12,17-19,26-28H2,1-10H3/t33-,34+/m0/s1. The highest BCUT2D eigenvalue weighted by Gasteiger charge is 2.25. The molecule has 0 aliphatic heterocycles. The van der Waals surface area contributed by atoms with Gasteiger partial charge in [-0.1, -0.05) is 12.1 Å². The smallest absolute Gasteiger partial charge is 0.203 e. The van der Waals surface area contributed by atoms with Crippen molar-refractivity contribution in [2.45, 2.75) is 38.9 Å². The molecule has 4 rings (SSSR count). The maximum Gasteiger partial charge on any atom is 0.203 e. The molecule has 12 heteroatoms. The average Bonchev–Trinajstić information content (AvgIpc) is 3.24. The maximum atomic E-state index is 6.56. The molecule has 12 nitrogen and oxygen atoms in total. The van der Waals surface area contributed by atoms with Crippen LogP contribution in [-0.4, -0.2) is 84.3 Å². The van der Waals surface area contributed by atoms with Gasteiger partial charge >= 0.3 is 0 Å². The van der Waals surface area contributed by atoms with E-state index < -0.39 is 0 Å². The predicted octanol–water partition coefficient (Wildman–Crippen LogP) is 8.00. The first-order valence-corrected chi connectivity index (χ1v) is 18.4. The molecule has 306 valence electrons. The summed E-state index contributed by atoms with van der Waals surface area (Å²) in [6.07, 6.45) is 3.20. The van der Waals surface area contributed by atoms with Crippen molar-refractivity contribution in [3.63, 3.8) is 0 Å². The topological polar surface area (TPSA) is 111 Å². The summed E-state index contributed by atoms with van der Waals surface area (Å²) in [4.78, 5) is 0. The van der Waals surface area contributed by atoms with Gasteiger partial charge in [-0.15, -0.1) is 0 Å². The average molecular weight is 779 g/mol. The van der Waals surface area contributed by atoms with Crippen molar-refractivity contribution < 1.29 is 56.8 Å². The Morgan fingerprint density at radius 1 is 0.375 bits per heavy atom. The van der Waals surface area contributed by atoms with Gasteiger partial charge in [0.15, 0.2) is 46.0 Å². The van der Waals surface area contributed by atoms with E-state index in [0.717, 1.165) is 47.9 Å². The Morgan fingerprint density at radius 2 is 0.750 bits per heavy atom. The molecule has 0 fully saturated rings. The third-order valence-electron chi connectivity index (χ3n) is 9.74. The molecular formula is C44H58O12. The van der Waals surface area contributed by atoms with Gasteiger partial charge < -0.3 is 56.8 Å². The summed E-state index contributed by atoms with van der Waals surface area (Å²) in [5.41, 5.74) is 4.07. The Hall–Kier alpha value is -5.20. The molecule has 0 saturated heterocycles. The summed E-state index contributed by atoms with van der Waals surface area (Å²) < 4.78 is 68.5. The second kappa shape index (κ2) is 22.4. The van der Waals surface area contributed by atoms with Crippen LogP contribution in [-0.2, 0) is 35.5 Å². The van der Waals surface area contributed by atoms with Crippen LogP contribution in [0.4, 0.5) is 0 Å². The van der Waals surface area contributed by atoms with Crippen LogP contribution in [0.5, 0.6) is 57.5 Å². The van der Waals surface area contributed by atoms with Crippen molar-refractivity contribution in [1.29, 1.82) is 0 Å². The molecule has 4 aromatic rings. The molecule has 56 heavy (non-hydrogen) atoms. The summed E-state index contributed by atoms with van der Waals surface area (Å²) in [6.45, 7) is 1.77. The number of hydrogen-bond donors (Lipinski definition) is 0. The number of methoxy groups -OCH3 is 10. The van der Waals surface area contributed by atoms with Gasteiger partial charge in [-0.05, 0) is 108 Å². The largest absolute Gasteiger partial charge is 0.493 e. The number of benzene rings is 4. The lowest BCUT2D eigenvalue weighted by Gasteiger charge is -2.28. The van der Waals surface area contributed by atoms with Crippen LogP contribution in [0.25, 0.3) is 0 Å². The zero-order valence-corrected chi connectivity index (χ0v) is 34.5. The second-order valence-electron chi connectivity index (χ2n) is 13.1. The lowest BCUT2D eigenvalue weighted by molar-refractivity contribution is 0.0578. The van der Waals surface area contributed by atoms with Gasteiger partial charge in [-0.25, -0.2) is 0 Å². The summed E-state index contributed by atoms with van der Waals surface area (Å²) >= 11 is 0. The van der Waals surface area contributed by atoms with Crippen molar-refractivity contribution in [3.8, 4) is 57.5 Å². The molecule has 0 unspecified atom stereocenters. The van der Waals surface area contributed by atoms with Crippen molar-refractivity contribution in [2.75, 3.05) is 84.3 Å². The molecule has 0 aliphatic rings. The van der Waals surface area contributed by atoms with Crippen LogP contribution in [0.15, 0.2) is 60.7 Å². The van der Waals surface area contributed by atoms with Crippen LogP contribution < -0.4 is 47.4 Å². The van der Waals surface area contributed by atoms with E-state index in [9.17, 15) is 0 Å². The summed E-state index contributed by atoms with van der Waals surface area (Å²) in [5, 5.41) is 0. The van der Waals surface area contributed by atoms with Crippen molar-refractivity contribution in [3.05, 3.63) is 82.9 Å². The minimum Gasteiger partial charge on any atom is -0.493 e. The molecule has 0 aliphatic carbocycles. The van der Waals surface area contributed by atoms with E-state index in [1.54, 1.807) is 71.1 Å². The zero-order valence-electron chi connectivity index (χ0n) is 34.5. The van der Waals surface area contributed by atoms with Crippen LogP contribution in [0, 0.1) is 11.8 Å². The SMILES string of the molecule is COc1ccc(C[C@H](CCCOCc2cc(OC)c(OC)c(OC)c2)[C@@H](COCc2cc(OC)c(OC)c(OC)c2)Cc2ccc(OC)c(OC)c2)cc1OC. The molecule has 0 spiro atoms. The molecule has 0 N–H and O–H groups in total. The van der Waals surface area contributed by atoms with Crippen LogP contribution >= 0.6 is 0 Å². The Bertz CT molecular complexity index is 1760. The minimum atomic E-state index is 0.0957. The first-order chi connectivity index (χ1) is 27.3. The second-order valence-corrected chi connectivity index (χ2v) is 13.1.